The van der Waals surface area contributed by atoms with E-state index in [4.69, 9.17) is 4.74 Å². The molecule has 0 saturated heterocycles. The van der Waals surface area contributed by atoms with E-state index in [1.165, 1.54) is 0 Å². The molecule has 0 aliphatic heterocycles. The largest absolute Gasteiger partial charge is 0.451 e. The highest BCUT2D eigenvalue weighted by molar-refractivity contribution is 5.95. The summed E-state index contributed by atoms with van der Waals surface area (Å²) in [6, 6.07) is 11.3. The fraction of sp³-hybridized carbons (Fsp3) is 0.353. The number of aromatic nitrogens is 1. The third-order valence-corrected chi connectivity index (χ3v) is 4.11. The van der Waals surface area contributed by atoms with E-state index in [-0.39, 0.29) is 5.92 Å². The number of nitrogens with zero attached hydrogens (tertiary/aromatic N) is 1. The van der Waals surface area contributed by atoms with Crippen molar-refractivity contribution >= 4 is 22.8 Å². The summed E-state index contributed by atoms with van der Waals surface area (Å²) in [5.41, 5.74) is 0.240. The molecular weight excluding hydrogens is 294 g/mol. The third-order valence-electron chi connectivity index (χ3n) is 4.11. The van der Waals surface area contributed by atoms with E-state index in [2.05, 4.69) is 16.4 Å². The van der Waals surface area contributed by atoms with Crippen LogP contribution >= 0.6 is 0 Å². The topological polar surface area (TPSA) is 95.0 Å². The van der Waals surface area contributed by atoms with E-state index >= 15 is 0 Å². The molecule has 1 aromatic heterocycles. The summed E-state index contributed by atoms with van der Waals surface area (Å²) in [6.07, 6.45) is 1.86. The Morgan fingerprint density at radius 2 is 2.17 bits per heavy atom. The number of fused-ring (bicyclic) bond motifs is 1. The fourth-order valence-electron chi connectivity index (χ4n) is 2.60. The number of rotatable bonds is 5. The van der Waals surface area contributed by atoms with Gasteiger partial charge in [0, 0.05) is 10.9 Å². The smallest absolute Gasteiger partial charge is 0.355 e. The van der Waals surface area contributed by atoms with E-state index in [1.807, 2.05) is 24.3 Å². The van der Waals surface area contributed by atoms with Gasteiger partial charge in [-0.1, -0.05) is 18.2 Å². The number of nitriles is 1. The van der Waals surface area contributed by atoms with Gasteiger partial charge in [-0.2, -0.15) is 5.26 Å². The minimum Gasteiger partial charge on any atom is -0.451 e. The minimum atomic E-state index is -0.884. The Morgan fingerprint density at radius 1 is 1.43 bits per heavy atom. The molecule has 23 heavy (non-hydrogen) atoms. The van der Waals surface area contributed by atoms with Gasteiger partial charge in [-0.15, -0.1) is 0 Å². The summed E-state index contributed by atoms with van der Waals surface area (Å²) in [7, 11) is 0. The van der Waals surface area contributed by atoms with Crippen LogP contribution in [-0.2, 0) is 9.53 Å². The highest BCUT2D eigenvalue weighted by Crippen LogP contribution is 2.39. The maximum absolute atomic E-state index is 12.0. The van der Waals surface area contributed by atoms with Crippen LogP contribution in [-0.4, -0.2) is 29.0 Å². The number of hydrogen-bond donors (Lipinski definition) is 2. The van der Waals surface area contributed by atoms with E-state index in [1.54, 1.807) is 13.0 Å². The predicted molar refractivity (Wildman–Crippen MR) is 83.5 cm³/mol. The van der Waals surface area contributed by atoms with E-state index in [9.17, 15) is 14.9 Å². The number of amides is 1. The molecule has 2 aromatic rings. The number of benzene rings is 1. The third kappa shape index (κ3) is 3.19. The highest BCUT2D eigenvalue weighted by Gasteiger charge is 2.43. The van der Waals surface area contributed by atoms with Gasteiger partial charge in [-0.25, -0.2) is 4.79 Å². The molecule has 1 saturated carbocycles. The Morgan fingerprint density at radius 3 is 2.83 bits per heavy atom. The van der Waals surface area contributed by atoms with Crippen LogP contribution < -0.4 is 5.32 Å². The SMILES string of the molecule is CC(C#N)(NC(=O)COC(=O)c1cc2ccccc2[nH]1)C1CC1. The Labute approximate surface area is 133 Å². The van der Waals surface area contributed by atoms with Gasteiger partial charge in [0.2, 0.25) is 0 Å². The lowest BCUT2D eigenvalue weighted by molar-refractivity contribution is -0.125. The van der Waals surface area contributed by atoms with Crippen LogP contribution in [0.15, 0.2) is 30.3 Å². The molecule has 0 bridgehead atoms. The van der Waals surface area contributed by atoms with Crippen molar-refractivity contribution in [3.63, 3.8) is 0 Å². The normalized spacial score (nSPS) is 16.3. The van der Waals surface area contributed by atoms with Crippen LogP contribution in [0.2, 0.25) is 0 Å². The number of aromatic amines is 1. The summed E-state index contributed by atoms with van der Waals surface area (Å²) in [6.45, 7) is 1.29. The zero-order valence-electron chi connectivity index (χ0n) is 12.8. The predicted octanol–water partition coefficient (Wildman–Crippen LogP) is 2.13. The van der Waals surface area contributed by atoms with Crippen molar-refractivity contribution < 1.29 is 14.3 Å². The lowest BCUT2D eigenvalue weighted by Crippen LogP contribution is -2.48. The Balaban J connectivity index is 1.58. The monoisotopic (exact) mass is 311 g/mol. The van der Waals surface area contributed by atoms with Crippen molar-refractivity contribution in [2.24, 2.45) is 5.92 Å². The molecule has 6 heteroatoms. The average Bonchev–Trinajstić information content (AvgIpc) is 3.32. The van der Waals surface area contributed by atoms with Gasteiger partial charge in [-0.3, -0.25) is 4.79 Å². The van der Waals surface area contributed by atoms with E-state index in [0.717, 1.165) is 23.7 Å². The second-order valence-corrected chi connectivity index (χ2v) is 5.98. The number of para-hydroxylation sites is 1. The number of hydrogen-bond acceptors (Lipinski definition) is 4. The van der Waals surface area contributed by atoms with Crippen LogP contribution in [0.4, 0.5) is 0 Å². The number of ether oxygens (including phenoxy) is 1. The molecule has 6 nitrogen and oxygen atoms in total. The van der Waals surface area contributed by atoms with Crippen LogP contribution in [0, 0.1) is 17.2 Å². The van der Waals surface area contributed by atoms with Crippen LogP contribution in [0.25, 0.3) is 10.9 Å². The first-order valence-corrected chi connectivity index (χ1v) is 7.49. The molecule has 2 N–H and O–H groups in total. The number of H-pyrrole nitrogens is 1. The van der Waals surface area contributed by atoms with Crippen molar-refractivity contribution in [3.8, 4) is 6.07 Å². The van der Waals surface area contributed by atoms with Gasteiger partial charge < -0.3 is 15.0 Å². The first-order valence-electron chi connectivity index (χ1n) is 7.49. The first kappa shape index (κ1) is 15.1. The van der Waals surface area contributed by atoms with Crippen molar-refractivity contribution in [1.29, 1.82) is 5.26 Å². The molecule has 1 aromatic carbocycles. The lowest BCUT2D eigenvalue weighted by atomic mass is 9.98. The van der Waals surface area contributed by atoms with Crippen molar-refractivity contribution in [3.05, 3.63) is 36.0 Å². The molecule has 1 heterocycles. The standard InChI is InChI=1S/C17H17N3O3/c1-17(10-18,12-6-7-12)20-15(21)9-23-16(22)14-8-11-4-2-3-5-13(11)19-14/h2-5,8,12,19H,6-7,9H2,1H3,(H,20,21). The number of carbonyl (C=O) groups is 2. The van der Waals surface area contributed by atoms with Crippen molar-refractivity contribution in [1.82, 2.24) is 10.3 Å². The molecule has 1 aliphatic carbocycles. The Hall–Kier alpha value is -2.81. The fourth-order valence-corrected chi connectivity index (χ4v) is 2.60. The van der Waals surface area contributed by atoms with Crippen molar-refractivity contribution in [2.75, 3.05) is 6.61 Å². The molecule has 1 fully saturated rings. The quantitative estimate of drug-likeness (QED) is 0.827. The minimum absolute atomic E-state index is 0.181. The Kier molecular flexibility index (Phi) is 3.78. The van der Waals surface area contributed by atoms with Crippen molar-refractivity contribution in [2.45, 2.75) is 25.3 Å². The molecule has 0 spiro atoms. The summed E-state index contributed by atoms with van der Waals surface area (Å²) < 4.78 is 5.02. The van der Waals surface area contributed by atoms with Gasteiger partial charge >= 0.3 is 5.97 Å². The number of carbonyl (C=O) groups excluding carboxylic acids is 2. The molecule has 1 amide bonds. The lowest BCUT2D eigenvalue weighted by Gasteiger charge is -2.22. The summed E-state index contributed by atoms with van der Waals surface area (Å²) >= 11 is 0. The van der Waals surface area contributed by atoms with E-state index in [0.29, 0.717) is 5.69 Å². The zero-order chi connectivity index (χ0) is 16.4. The van der Waals surface area contributed by atoms with Gasteiger partial charge in [0.15, 0.2) is 6.61 Å². The van der Waals surface area contributed by atoms with Crippen LogP contribution in [0.5, 0.6) is 0 Å². The highest BCUT2D eigenvalue weighted by atomic mass is 16.5. The maximum atomic E-state index is 12.0. The van der Waals surface area contributed by atoms with Gasteiger partial charge in [0.05, 0.1) is 6.07 Å². The second-order valence-electron chi connectivity index (χ2n) is 5.98. The van der Waals surface area contributed by atoms with Crippen LogP contribution in [0.3, 0.4) is 0 Å². The average molecular weight is 311 g/mol. The molecule has 0 radical (unpaired) electrons. The van der Waals surface area contributed by atoms with Gasteiger partial charge in [0.1, 0.15) is 11.2 Å². The van der Waals surface area contributed by atoms with Gasteiger partial charge in [0.25, 0.3) is 5.91 Å². The number of esters is 1. The Bertz CT molecular complexity index is 768. The van der Waals surface area contributed by atoms with Gasteiger partial charge in [-0.05, 0) is 37.8 Å². The molecule has 1 unspecified atom stereocenters. The molecule has 3 rings (SSSR count). The summed E-state index contributed by atoms with van der Waals surface area (Å²) in [4.78, 5) is 26.9. The molecule has 118 valence electrons. The van der Waals surface area contributed by atoms with E-state index < -0.39 is 24.0 Å². The molecular formula is C17H17N3O3. The summed E-state index contributed by atoms with van der Waals surface area (Å²) in [5.74, 6) is -0.882. The number of nitrogens with one attached hydrogen (secondary N) is 2. The summed E-state index contributed by atoms with van der Waals surface area (Å²) in [5, 5.41) is 12.8. The second kappa shape index (κ2) is 5.76. The van der Waals surface area contributed by atoms with Crippen LogP contribution in [0.1, 0.15) is 30.3 Å². The maximum Gasteiger partial charge on any atom is 0.355 e. The first-order chi connectivity index (χ1) is 11.0. The zero-order valence-corrected chi connectivity index (χ0v) is 12.8. The molecule has 1 aliphatic rings. The molecule has 1 atom stereocenters.